The van der Waals surface area contributed by atoms with Gasteiger partial charge >= 0.3 is 0 Å². The lowest BCUT2D eigenvalue weighted by Gasteiger charge is -2.12. The number of ether oxygens (including phenoxy) is 2. The minimum Gasteiger partial charge on any atom is -0.489 e. The van der Waals surface area contributed by atoms with Crippen LogP contribution in [-0.4, -0.2) is 46.2 Å². The van der Waals surface area contributed by atoms with Crippen molar-refractivity contribution in [1.29, 1.82) is 5.26 Å². The molecule has 0 saturated heterocycles. The maximum atomic E-state index is 14.4. The molecule has 30 heavy (non-hydrogen) atoms. The zero-order chi connectivity index (χ0) is 21.7. The van der Waals surface area contributed by atoms with Gasteiger partial charge in [-0.05, 0) is 19.1 Å². The fourth-order valence-electron chi connectivity index (χ4n) is 2.40. The number of benzene rings is 1. The highest BCUT2D eigenvalue weighted by molar-refractivity contribution is 7.18. The van der Waals surface area contributed by atoms with Crippen molar-refractivity contribution >= 4 is 22.9 Å². The molecule has 0 radical (unpaired) electrons. The number of hydrogen-bond donors (Lipinski definition) is 2. The Hall–Kier alpha value is -2.84. The number of aromatic nitrogens is 3. The summed E-state index contributed by atoms with van der Waals surface area (Å²) in [6.45, 7) is 1.85. The highest BCUT2D eigenvalue weighted by Gasteiger charge is 2.17. The first kappa shape index (κ1) is 21.9. The minimum atomic E-state index is -0.647. The van der Waals surface area contributed by atoms with Gasteiger partial charge in [0.15, 0.2) is 11.6 Å². The third-order valence-electron chi connectivity index (χ3n) is 3.86. The number of hydrogen-bond acceptors (Lipinski definition) is 9. The summed E-state index contributed by atoms with van der Waals surface area (Å²) in [5, 5.41) is 27.5. The summed E-state index contributed by atoms with van der Waals surface area (Å²) >= 11 is 7.45. The van der Waals surface area contributed by atoms with Gasteiger partial charge in [0.05, 0.1) is 24.3 Å². The predicted octanol–water partition coefficient (Wildman–Crippen LogP) is 3.03. The van der Waals surface area contributed by atoms with Gasteiger partial charge in [0.25, 0.3) is 0 Å². The maximum Gasteiger partial charge on any atom is 0.231 e. The van der Waals surface area contributed by atoms with Gasteiger partial charge < -0.3 is 20.3 Å². The quantitative estimate of drug-likeness (QED) is 0.537. The smallest absolute Gasteiger partial charge is 0.231 e. The van der Waals surface area contributed by atoms with Crippen molar-refractivity contribution in [2.45, 2.75) is 13.0 Å². The summed E-state index contributed by atoms with van der Waals surface area (Å²) in [4.78, 5) is 4.15. The van der Waals surface area contributed by atoms with E-state index in [-0.39, 0.29) is 35.4 Å². The first-order valence-electron chi connectivity index (χ1n) is 8.82. The standard InChI is InChI=1S/C19H17ClFN5O3S/c1-2-28-17-10(6-22)3-11(7-24-17)18-25-26-19(30-18)13-4-15(21)16(5-14(13)20)29-9-12(23)8-27/h3-5,7,12,27H,2,8-9,23H2,1H3/t12-/m1/s1. The van der Waals surface area contributed by atoms with Crippen LogP contribution in [0.5, 0.6) is 11.6 Å². The summed E-state index contributed by atoms with van der Waals surface area (Å²) in [7, 11) is 0. The molecule has 0 bridgehead atoms. The van der Waals surface area contributed by atoms with Crippen LogP contribution in [0.4, 0.5) is 4.39 Å². The molecule has 0 aliphatic heterocycles. The molecule has 0 unspecified atom stereocenters. The van der Waals surface area contributed by atoms with Gasteiger partial charge in [0, 0.05) is 23.4 Å². The molecule has 11 heteroatoms. The van der Waals surface area contributed by atoms with Crippen LogP contribution in [0.1, 0.15) is 12.5 Å². The van der Waals surface area contributed by atoms with E-state index in [1.165, 1.54) is 29.7 Å². The molecule has 0 aliphatic rings. The molecule has 0 spiro atoms. The normalized spacial score (nSPS) is 11.7. The molecule has 1 aromatic carbocycles. The second-order valence-corrected chi connectivity index (χ2v) is 7.43. The lowest BCUT2D eigenvalue weighted by atomic mass is 10.2. The largest absolute Gasteiger partial charge is 0.489 e. The highest BCUT2D eigenvalue weighted by atomic mass is 35.5. The third kappa shape index (κ3) is 4.83. The number of nitrogens with zero attached hydrogens (tertiary/aromatic N) is 4. The van der Waals surface area contributed by atoms with Gasteiger partial charge in [0.2, 0.25) is 5.88 Å². The molecule has 3 N–H and O–H groups in total. The van der Waals surface area contributed by atoms with Crippen LogP contribution in [-0.2, 0) is 0 Å². The molecule has 0 saturated carbocycles. The van der Waals surface area contributed by atoms with Crippen LogP contribution in [0.2, 0.25) is 5.02 Å². The lowest BCUT2D eigenvalue weighted by Crippen LogP contribution is -2.31. The third-order valence-corrected chi connectivity index (χ3v) is 5.18. The number of nitrogens with two attached hydrogens (primary N) is 1. The molecule has 3 aromatic rings. The molecule has 3 rings (SSSR count). The van der Waals surface area contributed by atoms with Gasteiger partial charge in [-0.3, -0.25) is 0 Å². The SMILES string of the molecule is CCOc1ncc(-c2nnc(-c3cc(F)c(OC[C@H](N)CO)cc3Cl)s2)cc1C#N. The van der Waals surface area contributed by atoms with E-state index >= 15 is 0 Å². The van der Waals surface area contributed by atoms with Crippen LogP contribution in [0, 0.1) is 17.1 Å². The number of pyridine rings is 1. The van der Waals surface area contributed by atoms with E-state index in [2.05, 4.69) is 15.2 Å². The number of aliphatic hydroxyl groups is 1. The maximum absolute atomic E-state index is 14.4. The molecular weight excluding hydrogens is 433 g/mol. The van der Waals surface area contributed by atoms with Gasteiger partial charge in [0.1, 0.15) is 28.3 Å². The van der Waals surface area contributed by atoms with Crippen molar-refractivity contribution in [3.63, 3.8) is 0 Å². The van der Waals surface area contributed by atoms with Crippen molar-refractivity contribution < 1.29 is 19.0 Å². The summed E-state index contributed by atoms with van der Waals surface area (Å²) in [6.07, 6.45) is 1.53. The summed E-state index contributed by atoms with van der Waals surface area (Å²) in [5.74, 6) is -0.479. The zero-order valence-electron chi connectivity index (χ0n) is 15.8. The fraction of sp³-hybridized carbons (Fsp3) is 0.263. The first-order chi connectivity index (χ1) is 14.5. The Kier molecular flexibility index (Phi) is 7.12. The number of nitriles is 1. The summed E-state index contributed by atoms with van der Waals surface area (Å²) < 4.78 is 25.0. The van der Waals surface area contributed by atoms with E-state index in [0.717, 1.165) is 0 Å². The molecule has 8 nitrogen and oxygen atoms in total. The van der Waals surface area contributed by atoms with Gasteiger partial charge in [-0.15, -0.1) is 10.2 Å². The Labute approximate surface area is 180 Å². The van der Waals surface area contributed by atoms with Crippen LogP contribution in [0.15, 0.2) is 24.4 Å². The van der Waals surface area contributed by atoms with Gasteiger partial charge in [-0.2, -0.15) is 5.26 Å². The number of aliphatic hydroxyl groups excluding tert-OH is 1. The average Bonchev–Trinajstić information content (AvgIpc) is 3.24. The Morgan fingerprint density at radius 3 is 2.77 bits per heavy atom. The van der Waals surface area contributed by atoms with Crippen molar-refractivity contribution in [2.24, 2.45) is 5.73 Å². The van der Waals surface area contributed by atoms with Crippen molar-refractivity contribution in [1.82, 2.24) is 15.2 Å². The van der Waals surface area contributed by atoms with E-state index < -0.39 is 11.9 Å². The topological polar surface area (TPSA) is 127 Å². The van der Waals surface area contributed by atoms with E-state index in [1.54, 1.807) is 13.0 Å². The fourth-order valence-corrected chi connectivity index (χ4v) is 3.56. The van der Waals surface area contributed by atoms with Crippen LogP contribution in [0.3, 0.4) is 0 Å². The summed E-state index contributed by atoms with van der Waals surface area (Å²) in [5.41, 5.74) is 6.75. The monoisotopic (exact) mass is 449 g/mol. The Balaban J connectivity index is 1.87. The average molecular weight is 450 g/mol. The zero-order valence-corrected chi connectivity index (χ0v) is 17.4. The molecule has 0 amide bonds. The lowest BCUT2D eigenvalue weighted by molar-refractivity contribution is 0.202. The minimum absolute atomic E-state index is 0.0575. The van der Waals surface area contributed by atoms with Crippen LogP contribution in [0.25, 0.3) is 21.1 Å². The Morgan fingerprint density at radius 2 is 2.07 bits per heavy atom. The molecule has 0 aliphatic carbocycles. The Morgan fingerprint density at radius 1 is 1.30 bits per heavy atom. The van der Waals surface area contributed by atoms with Gasteiger partial charge in [-0.25, -0.2) is 9.37 Å². The van der Waals surface area contributed by atoms with E-state index in [4.69, 9.17) is 31.9 Å². The molecule has 2 heterocycles. The number of rotatable bonds is 8. The van der Waals surface area contributed by atoms with Crippen LogP contribution < -0.4 is 15.2 Å². The molecule has 2 aromatic heterocycles. The predicted molar refractivity (Wildman–Crippen MR) is 110 cm³/mol. The van der Waals surface area contributed by atoms with E-state index in [0.29, 0.717) is 27.7 Å². The van der Waals surface area contributed by atoms with Crippen molar-refractivity contribution in [3.05, 3.63) is 40.8 Å². The Bertz CT molecular complexity index is 1090. The molecular formula is C19H17ClFN5O3S. The second-order valence-electron chi connectivity index (χ2n) is 6.05. The van der Waals surface area contributed by atoms with Crippen LogP contribution >= 0.6 is 22.9 Å². The molecule has 0 fully saturated rings. The molecule has 156 valence electrons. The number of halogens is 2. The molecule has 1 atom stereocenters. The second kappa shape index (κ2) is 9.77. The van der Waals surface area contributed by atoms with Crippen molar-refractivity contribution in [2.75, 3.05) is 19.8 Å². The van der Waals surface area contributed by atoms with E-state index in [9.17, 15) is 9.65 Å². The van der Waals surface area contributed by atoms with Gasteiger partial charge in [-0.1, -0.05) is 22.9 Å². The van der Waals surface area contributed by atoms with Crippen molar-refractivity contribution in [3.8, 4) is 38.8 Å². The summed E-state index contributed by atoms with van der Waals surface area (Å²) in [6, 6.07) is 5.53. The van der Waals surface area contributed by atoms with E-state index in [1.807, 2.05) is 6.07 Å². The highest BCUT2D eigenvalue weighted by Crippen LogP contribution is 2.37. The first-order valence-corrected chi connectivity index (χ1v) is 10.0.